The van der Waals surface area contributed by atoms with Crippen LogP contribution in [0.15, 0.2) is 0 Å². The molecule has 2 fully saturated rings. The fourth-order valence-corrected chi connectivity index (χ4v) is 2.97. The van der Waals surface area contributed by atoms with Crippen molar-refractivity contribution in [2.45, 2.75) is 32.1 Å². The average molecular weight is 253 g/mol. The maximum Gasteiger partial charge on any atom is 0.220 e. The Balaban J connectivity index is 1.53. The third-order valence-electron chi connectivity index (χ3n) is 4.29. The summed E-state index contributed by atoms with van der Waals surface area (Å²) in [6.45, 7) is 6.38. The van der Waals surface area contributed by atoms with Gasteiger partial charge in [0.05, 0.1) is 0 Å². The molecule has 104 valence electrons. The molecule has 2 aliphatic rings. The fourth-order valence-electron chi connectivity index (χ4n) is 2.97. The number of hydrogen-bond acceptors (Lipinski definition) is 3. The first-order chi connectivity index (χ1) is 8.74. The van der Waals surface area contributed by atoms with E-state index in [1.165, 1.54) is 25.7 Å². The first-order valence-corrected chi connectivity index (χ1v) is 7.41. The van der Waals surface area contributed by atoms with Crippen LogP contribution in [0.1, 0.15) is 32.1 Å². The van der Waals surface area contributed by atoms with Crippen LogP contribution in [0.2, 0.25) is 0 Å². The molecule has 1 aliphatic carbocycles. The van der Waals surface area contributed by atoms with Crippen LogP contribution in [-0.2, 0) is 4.79 Å². The van der Waals surface area contributed by atoms with Crippen molar-refractivity contribution in [3.8, 4) is 0 Å². The van der Waals surface area contributed by atoms with Gasteiger partial charge in [-0.2, -0.15) is 0 Å². The van der Waals surface area contributed by atoms with Gasteiger partial charge in [-0.3, -0.25) is 9.69 Å². The van der Waals surface area contributed by atoms with Crippen molar-refractivity contribution in [3.63, 3.8) is 0 Å². The number of likely N-dealkylation sites (N-methyl/N-ethyl adjacent to an activating group) is 1. The quantitative estimate of drug-likeness (QED) is 0.792. The van der Waals surface area contributed by atoms with Crippen LogP contribution < -0.4 is 5.32 Å². The van der Waals surface area contributed by atoms with E-state index in [2.05, 4.69) is 22.2 Å². The number of rotatable bonds is 5. The first kappa shape index (κ1) is 13.8. The van der Waals surface area contributed by atoms with E-state index in [0.717, 1.165) is 45.7 Å². The maximum atomic E-state index is 11.8. The van der Waals surface area contributed by atoms with E-state index in [4.69, 9.17) is 0 Å². The van der Waals surface area contributed by atoms with E-state index in [1.54, 1.807) is 0 Å². The second kappa shape index (κ2) is 7.10. The molecule has 1 heterocycles. The van der Waals surface area contributed by atoms with Crippen LogP contribution in [0.4, 0.5) is 0 Å². The van der Waals surface area contributed by atoms with Gasteiger partial charge in [0.2, 0.25) is 5.91 Å². The highest BCUT2D eigenvalue weighted by Gasteiger charge is 2.18. The van der Waals surface area contributed by atoms with E-state index in [9.17, 15) is 4.79 Å². The summed E-state index contributed by atoms with van der Waals surface area (Å²) in [4.78, 5) is 16.6. The highest BCUT2D eigenvalue weighted by molar-refractivity contribution is 5.76. The van der Waals surface area contributed by atoms with Gasteiger partial charge < -0.3 is 10.2 Å². The molecule has 2 rings (SSSR count). The Hall–Kier alpha value is -0.610. The van der Waals surface area contributed by atoms with Gasteiger partial charge in [-0.25, -0.2) is 0 Å². The molecule has 0 aromatic heterocycles. The van der Waals surface area contributed by atoms with Crippen molar-refractivity contribution in [1.82, 2.24) is 15.1 Å². The monoisotopic (exact) mass is 253 g/mol. The molecule has 1 amide bonds. The van der Waals surface area contributed by atoms with Gasteiger partial charge in [0.25, 0.3) is 0 Å². The summed E-state index contributed by atoms with van der Waals surface area (Å²) in [6.07, 6.45) is 5.90. The number of hydrogen-bond donors (Lipinski definition) is 1. The average Bonchev–Trinajstić information content (AvgIpc) is 2.84. The fraction of sp³-hybridized carbons (Fsp3) is 0.929. The molecule has 0 bridgehead atoms. The molecule has 18 heavy (non-hydrogen) atoms. The topological polar surface area (TPSA) is 35.6 Å². The summed E-state index contributed by atoms with van der Waals surface area (Å²) in [7, 11) is 2.17. The van der Waals surface area contributed by atoms with Gasteiger partial charge in [-0.05, 0) is 25.8 Å². The summed E-state index contributed by atoms with van der Waals surface area (Å²) in [5, 5.41) is 3.07. The normalized spacial score (nSPS) is 23.4. The lowest BCUT2D eigenvalue weighted by atomic mass is 10.0. The Morgan fingerprint density at radius 3 is 2.50 bits per heavy atom. The highest BCUT2D eigenvalue weighted by atomic mass is 16.1. The van der Waals surface area contributed by atoms with Gasteiger partial charge in [0, 0.05) is 45.7 Å². The lowest BCUT2D eigenvalue weighted by Crippen LogP contribution is -2.47. The van der Waals surface area contributed by atoms with Crippen molar-refractivity contribution in [2.24, 2.45) is 5.92 Å². The number of carbonyl (C=O) groups excluding carboxylic acids is 1. The minimum Gasteiger partial charge on any atom is -0.355 e. The third-order valence-corrected chi connectivity index (χ3v) is 4.29. The summed E-state index contributed by atoms with van der Waals surface area (Å²) in [6, 6.07) is 0. The number of nitrogens with zero attached hydrogens (tertiary/aromatic N) is 2. The number of carbonyl (C=O) groups is 1. The van der Waals surface area contributed by atoms with Crippen LogP contribution in [0.3, 0.4) is 0 Å². The Labute approximate surface area is 111 Å². The third kappa shape index (κ3) is 4.58. The molecule has 1 aliphatic heterocycles. The zero-order chi connectivity index (χ0) is 12.8. The SMILES string of the molecule is CN1CCN(CCNC(=O)CC2CCCC2)CC1. The first-order valence-electron chi connectivity index (χ1n) is 7.41. The Morgan fingerprint density at radius 1 is 1.17 bits per heavy atom. The van der Waals surface area contributed by atoms with Gasteiger partial charge in [-0.1, -0.05) is 12.8 Å². The second-order valence-corrected chi connectivity index (χ2v) is 5.85. The molecular weight excluding hydrogens is 226 g/mol. The molecule has 1 N–H and O–H groups in total. The van der Waals surface area contributed by atoms with Crippen molar-refractivity contribution >= 4 is 5.91 Å². The molecule has 0 aromatic rings. The van der Waals surface area contributed by atoms with Crippen LogP contribution in [-0.4, -0.2) is 62.0 Å². The predicted octanol–water partition coefficient (Wildman–Crippen LogP) is 0.930. The zero-order valence-electron chi connectivity index (χ0n) is 11.7. The standard InChI is InChI=1S/C14H27N3O/c1-16-8-10-17(11-9-16)7-6-15-14(18)12-13-4-2-3-5-13/h13H,2-12H2,1H3,(H,15,18). The number of nitrogens with one attached hydrogen (secondary N) is 1. The Bertz CT molecular complexity index is 256. The molecule has 0 unspecified atom stereocenters. The van der Waals surface area contributed by atoms with Gasteiger partial charge >= 0.3 is 0 Å². The zero-order valence-corrected chi connectivity index (χ0v) is 11.7. The summed E-state index contributed by atoms with van der Waals surface area (Å²) in [5.41, 5.74) is 0. The predicted molar refractivity (Wildman–Crippen MR) is 73.5 cm³/mol. The van der Waals surface area contributed by atoms with Crippen LogP contribution in [0.25, 0.3) is 0 Å². The van der Waals surface area contributed by atoms with Crippen molar-refractivity contribution in [3.05, 3.63) is 0 Å². The molecular formula is C14H27N3O. The molecule has 0 radical (unpaired) electrons. The minimum absolute atomic E-state index is 0.260. The number of amides is 1. The maximum absolute atomic E-state index is 11.8. The van der Waals surface area contributed by atoms with Crippen molar-refractivity contribution < 1.29 is 4.79 Å². The number of piperazine rings is 1. The minimum atomic E-state index is 0.260. The van der Waals surface area contributed by atoms with Crippen LogP contribution in [0.5, 0.6) is 0 Å². The largest absolute Gasteiger partial charge is 0.355 e. The van der Waals surface area contributed by atoms with E-state index in [-0.39, 0.29) is 5.91 Å². The lowest BCUT2D eigenvalue weighted by Gasteiger charge is -2.32. The van der Waals surface area contributed by atoms with Gasteiger partial charge in [0.1, 0.15) is 0 Å². The van der Waals surface area contributed by atoms with Crippen LogP contribution in [0, 0.1) is 5.92 Å². The summed E-state index contributed by atoms with van der Waals surface area (Å²) in [5.74, 6) is 0.921. The summed E-state index contributed by atoms with van der Waals surface area (Å²) < 4.78 is 0. The van der Waals surface area contributed by atoms with E-state index < -0.39 is 0 Å². The van der Waals surface area contributed by atoms with Crippen molar-refractivity contribution in [2.75, 3.05) is 46.3 Å². The van der Waals surface area contributed by atoms with Gasteiger partial charge in [-0.15, -0.1) is 0 Å². The van der Waals surface area contributed by atoms with Crippen LogP contribution >= 0.6 is 0 Å². The molecule has 4 nitrogen and oxygen atoms in total. The molecule has 0 spiro atoms. The summed E-state index contributed by atoms with van der Waals surface area (Å²) >= 11 is 0. The smallest absolute Gasteiger partial charge is 0.220 e. The Morgan fingerprint density at radius 2 is 1.83 bits per heavy atom. The Kier molecular flexibility index (Phi) is 5.45. The molecule has 4 heteroatoms. The molecule has 1 saturated carbocycles. The van der Waals surface area contributed by atoms with E-state index in [0.29, 0.717) is 5.92 Å². The second-order valence-electron chi connectivity index (χ2n) is 5.85. The van der Waals surface area contributed by atoms with E-state index >= 15 is 0 Å². The molecule has 0 atom stereocenters. The van der Waals surface area contributed by atoms with E-state index in [1.807, 2.05) is 0 Å². The molecule has 1 saturated heterocycles. The lowest BCUT2D eigenvalue weighted by molar-refractivity contribution is -0.122. The highest BCUT2D eigenvalue weighted by Crippen LogP contribution is 2.27. The molecule has 0 aromatic carbocycles. The van der Waals surface area contributed by atoms with Gasteiger partial charge in [0.15, 0.2) is 0 Å². The van der Waals surface area contributed by atoms with Crippen molar-refractivity contribution in [1.29, 1.82) is 0 Å².